The van der Waals surface area contributed by atoms with Gasteiger partial charge in [-0.25, -0.2) is 4.89 Å². The molecule has 0 radical (unpaired) electrons. The van der Waals surface area contributed by atoms with Crippen molar-refractivity contribution in [2.75, 3.05) is 6.61 Å². The molecule has 1 N–H and O–H groups in total. The third-order valence-electron chi connectivity index (χ3n) is 3.81. The first-order valence-corrected chi connectivity index (χ1v) is 4.61. The zero-order valence-electron chi connectivity index (χ0n) is 7.71. The second kappa shape index (κ2) is 2.57. The van der Waals surface area contributed by atoms with Crippen LogP contribution in [0.5, 0.6) is 0 Å². The molecule has 1 fully saturated rings. The van der Waals surface area contributed by atoms with Gasteiger partial charge in [0.1, 0.15) is 6.61 Å². The molecule has 3 aliphatic carbocycles. The highest BCUT2D eigenvalue weighted by Crippen LogP contribution is 2.59. The van der Waals surface area contributed by atoms with E-state index in [-0.39, 0.29) is 0 Å². The molecule has 2 nitrogen and oxygen atoms in total. The van der Waals surface area contributed by atoms with Gasteiger partial charge in [-0.3, -0.25) is 5.26 Å². The Labute approximate surface area is 73.2 Å². The van der Waals surface area contributed by atoms with Crippen LogP contribution >= 0.6 is 0 Å². The van der Waals surface area contributed by atoms with Gasteiger partial charge >= 0.3 is 0 Å². The maximum atomic E-state index is 8.38. The van der Waals surface area contributed by atoms with Crippen molar-refractivity contribution in [2.45, 2.75) is 26.7 Å². The van der Waals surface area contributed by atoms with E-state index >= 15 is 0 Å². The van der Waals surface area contributed by atoms with Crippen LogP contribution in [0, 0.1) is 17.3 Å². The first kappa shape index (κ1) is 8.27. The fraction of sp³-hybridized carbons (Fsp3) is 0.800. The summed E-state index contributed by atoms with van der Waals surface area (Å²) in [5, 5.41) is 8.38. The Bertz CT molecular complexity index is 218. The maximum Gasteiger partial charge on any atom is 0.103 e. The molecule has 0 saturated heterocycles. The highest BCUT2D eigenvalue weighted by atomic mass is 17.1. The summed E-state index contributed by atoms with van der Waals surface area (Å²) in [4.78, 5) is 4.20. The summed E-state index contributed by atoms with van der Waals surface area (Å²) in [5.41, 5.74) is 1.74. The minimum atomic E-state index is 0.404. The lowest BCUT2D eigenvalue weighted by atomic mass is 9.49. The van der Waals surface area contributed by atoms with Crippen LogP contribution < -0.4 is 0 Å². The van der Waals surface area contributed by atoms with Crippen molar-refractivity contribution in [3.63, 3.8) is 0 Å². The van der Waals surface area contributed by atoms with Crippen LogP contribution in [0.1, 0.15) is 26.7 Å². The first-order valence-electron chi connectivity index (χ1n) is 4.61. The summed E-state index contributed by atoms with van der Waals surface area (Å²) in [6.07, 6.45) is 4.70. The average Bonchev–Trinajstić information content (AvgIpc) is 2.05. The molecule has 0 aromatic heterocycles. The van der Waals surface area contributed by atoms with E-state index in [2.05, 4.69) is 24.8 Å². The molecule has 68 valence electrons. The summed E-state index contributed by atoms with van der Waals surface area (Å²) >= 11 is 0. The minimum Gasteiger partial charge on any atom is -0.251 e. The molecule has 0 aromatic rings. The Kier molecular flexibility index (Phi) is 1.77. The molecule has 0 aliphatic heterocycles. The molecule has 12 heavy (non-hydrogen) atoms. The van der Waals surface area contributed by atoms with Crippen molar-refractivity contribution >= 4 is 0 Å². The maximum absolute atomic E-state index is 8.38. The van der Waals surface area contributed by atoms with Crippen LogP contribution in [-0.4, -0.2) is 11.9 Å². The van der Waals surface area contributed by atoms with E-state index in [9.17, 15) is 0 Å². The van der Waals surface area contributed by atoms with E-state index in [1.165, 1.54) is 18.4 Å². The van der Waals surface area contributed by atoms with Gasteiger partial charge in [-0.05, 0) is 35.7 Å². The zero-order valence-corrected chi connectivity index (χ0v) is 7.71. The predicted octanol–water partition coefficient (Wildman–Crippen LogP) is 2.47. The highest BCUT2D eigenvalue weighted by Gasteiger charge is 2.50. The molecule has 0 heterocycles. The zero-order chi connectivity index (χ0) is 8.77. The summed E-state index contributed by atoms with van der Waals surface area (Å²) < 4.78 is 0. The van der Waals surface area contributed by atoms with Gasteiger partial charge in [0.2, 0.25) is 0 Å². The third kappa shape index (κ3) is 0.947. The molecular formula is C10H16O2. The number of hydrogen-bond acceptors (Lipinski definition) is 2. The van der Waals surface area contributed by atoms with Crippen LogP contribution in [0.15, 0.2) is 11.6 Å². The molecule has 2 heteroatoms. The Morgan fingerprint density at radius 2 is 2.42 bits per heavy atom. The second-order valence-corrected chi connectivity index (χ2v) is 4.59. The van der Waals surface area contributed by atoms with Crippen molar-refractivity contribution in [3.8, 4) is 0 Å². The van der Waals surface area contributed by atoms with Gasteiger partial charge in [-0.2, -0.15) is 0 Å². The summed E-state index contributed by atoms with van der Waals surface area (Å²) in [6.45, 7) is 5.03. The first-order chi connectivity index (χ1) is 5.66. The monoisotopic (exact) mass is 168 g/mol. The lowest BCUT2D eigenvalue weighted by molar-refractivity contribution is -0.238. The van der Waals surface area contributed by atoms with Gasteiger partial charge in [-0.15, -0.1) is 0 Å². The van der Waals surface area contributed by atoms with E-state index in [0.717, 1.165) is 5.92 Å². The quantitative estimate of drug-likeness (QED) is 0.390. The molecule has 0 spiro atoms. The van der Waals surface area contributed by atoms with E-state index in [1.807, 2.05) is 0 Å². The van der Waals surface area contributed by atoms with Crippen LogP contribution in [0.3, 0.4) is 0 Å². The van der Waals surface area contributed by atoms with Crippen molar-refractivity contribution in [1.29, 1.82) is 0 Å². The van der Waals surface area contributed by atoms with Crippen molar-refractivity contribution < 1.29 is 10.1 Å². The second-order valence-electron chi connectivity index (χ2n) is 4.59. The third-order valence-corrected chi connectivity index (χ3v) is 3.81. The molecule has 2 bridgehead atoms. The van der Waals surface area contributed by atoms with Gasteiger partial charge in [0.05, 0.1) is 0 Å². The summed E-state index contributed by atoms with van der Waals surface area (Å²) in [5.74, 6) is 1.52. The van der Waals surface area contributed by atoms with E-state index in [1.54, 1.807) is 0 Å². The van der Waals surface area contributed by atoms with Crippen LogP contribution in [0.4, 0.5) is 0 Å². The summed E-state index contributed by atoms with van der Waals surface area (Å²) in [6, 6.07) is 0. The Morgan fingerprint density at radius 3 is 2.92 bits per heavy atom. The van der Waals surface area contributed by atoms with Crippen LogP contribution in [0.2, 0.25) is 0 Å². The molecule has 2 atom stereocenters. The Morgan fingerprint density at radius 1 is 1.67 bits per heavy atom. The van der Waals surface area contributed by atoms with Gasteiger partial charge in [0, 0.05) is 0 Å². The molecule has 3 aliphatic rings. The van der Waals surface area contributed by atoms with E-state index < -0.39 is 0 Å². The number of fused-ring (bicyclic) bond motifs is 1. The van der Waals surface area contributed by atoms with Crippen molar-refractivity contribution in [2.24, 2.45) is 17.3 Å². The highest BCUT2D eigenvalue weighted by molar-refractivity contribution is 5.23. The molecule has 3 rings (SSSR count). The normalized spacial score (nSPS) is 37.1. The van der Waals surface area contributed by atoms with Gasteiger partial charge in [0.15, 0.2) is 0 Å². The SMILES string of the molecule is CC1(C)C2CC=C(COO)C1C2. The topological polar surface area (TPSA) is 29.5 Å². The molecule has 0 aromatic carbocycles. The summed E-state index contributed by atoms with van der Waals surface area (Å²) in [7, 11) is 0. The van der Waals surface area contributed by atoms with E-state index in [4.69, 9.17) is 5.26 Å². The molecule has 1 saturated carbocycles. The molecule has 0 amide bonds. The van der Waals surface area contributed by atoms with Gasteiger partial charge in [0.25, 0.3) is 0 Å². The smallest absolute Gasteiger partial charge is 0.103 e. The minimum absolute atomic E-state index is 0.404. The fourth-order valence-corrected chi connectivity index (χ4v) is 2.72. The largest absolute Gasteiger partial charge is 0.251 e. The lowest BCUT2D eigenvalue weighted by Gasteiger charge is -2.56. The molecular weight excluding hydrogens is 152 g/mol. The predicted molar refractivity (Wildman–Crippen MR) is 46.7 cm³/mol. The number of rotatable bonds is 2. The van der Waals surface area contributed by atoms with Crippen molar-refractivity contribution in [1.82, 2.24) is 0 Å². The Hall–Kier alpha value is -0.340. The molecule has 2 unspecified atom stereocenters. The van der Waals surface area contributed by atoms with E-state index in [0.29, 0.717) is 17.9 Å². The van der Waals surface area contributed by atoms with Gasteiger partial charge < -0.3 is 0 Å². The van der Waals surface area contributed by atoms with Crippen LogP contribution in [-0.2, 0) is 4.89 Å². The van der Waals surface area contributed by atoms with Crippen molar-refractivity contribution in [3.05, 3.63) is 11.6 Å². The lowest BCUT2D eigenvalue weighted by Crippen LogP contribution is -2.48. The average molecular weight is 168 g/mol. The fourth-order valence-electron chi connectivity index (χ4n) is 2.72. The standard InChI is InChI=1S/C10H16O2/c1-10(2)8-4-3-7(6-12-11)9(10)5-8/h3,8-9,11H,4-6H2,1-2H3. The Balaban J connectivity index is 2.13. The van der Waals surface area contributed by atoms with Gasteiger partial charge in [-0.1, -0.05) is 19.9 Å². The van der Waals surface area contributed by atoms with Crippen LogP contribution in [0.25, 0.3) is 0 Å². The number of allylic oxidation sites excluding steroid dienone is 1. The number of hydrogen-bond donors (Lipinski definition) is 1.